The molecule has 0 saturated carbocycles. The second-order valence-corrected chi connectivity index (χ2v) is 8.18. The molecule has 32 heavy (non-hydrogen) atoms. The van der Waals surface area contributed by atoms with Crippen LogP contribution in [0.15, 0.2) is 84.9 Å². The standard InChI is InChI=1S/C20H18.C9H11NO2/c1-15-13-19(17-9-5-3-6-10-17)16(2)20(14-15)18-11-7-4-8-12-18;1-6-4-9(10(11)12)5-7(2)8(6)3/h3-14H,1-2H3;4-5H,1-3H3. The van der Waals surface area contributed by atoms with Gasteiger partial charge >= 0.3 is 0 Å². The first-order valence-electron chi connectivity index (χ1n) is 10.7. The second kappa shape index (κ2) is 10.1. The Hall–Kier alpha value is -3.72. The summed E-state index contributed by atoms with van der Waals surface area (Å²) in [5.74, 6) is 0. The molecular formula is C29H29NO2. The average Bonchev–Trinajstić information content (AvgIpc) is 2.80. The molecule has 3 heteroatoms. The molecule has 0 N–H and O–H groups in total. The molecule has 0 amide bonds. The molecule has 0 aliphatic rings. The molecule has 0 spiro atoms. The van der Waals surface area contributed by atoms with E-state index in [2.05, 4.69) is 86.6 Å². The fourth-order valence-electron chi connectivity index (χ4n) is 3.81. The molecule has 4 aromatic rings. The fraction of sp³-hybridized carbons (Fsp3) is 0.172. The van der Waals surface area contributed by atoms with Gasteiger partial charge in [-0.3, -0.25) is 10.1 Å². The van der Waals surface area contributed by atoms with Crippen molar-refractivity contribution in [2.75, 3.05) is 0 Å². The van der Waals surface area contributed by atoms with Gasteiger partial charge in [-0.2, -0.15) is 0 Å². The SMILES string of the molecule is Cc1cc(-c2ccccc2)c(C)c(-c2ccccc2)c1.Cc1cc([N+](=O)[O-])cc(C)c1C. The molecule has 0 aliphatic carbocycles. The Labute approximate surface area is 190 Å². The van der Waals surface area contributed by atoms with Crippen LogP contribution >= 0.6 is 0 Å². The number of aryl methyl sites for hydroxylation is 3. The predicted octanol–water partition coefficient (Wildman–Crippen LogP) is 8.16. The molecule has 0 aliphatic heterocycles. The number of nitro benzene ring substituents is 1. The quantitative estimate of drug-likeness (QED) is 0.246. The summed E-state index contributed by atoms with van der Waals surface area (Å²) in [4.78, 5) is 10.1. The van der Waals surface area contributed by atoms with Gasteiger partial charge in [0.15, 0.2) is 0 Å². The van der Waals surface area contributed by atoms with E-state index >= 15 is 0 Å². The third-order valence-electron chi connectivity index (χ3n) is 5.84. The Morgan fingerprint density at radius 2 is 1.00 bits per heavy atom. The lowest BCUT2D eigenvalue weighted by Crippen LogP contribution is -1.92. The molecule has 162 valence electrons. The van der Waals surface area contributed by atoms with Crippen molar-refractivity contribution < 1.29 is 4.92 Å². The molecule has 0 aromatic heterocycles. The molecule has 0 radical (unpaired) electrons. The van der Waals surface area contributed by atoms with Crippen molar-refractivity contribution in [1.82, 2.24) is 0 Å². The van der Waals surface area contributed by atoms with Crippen molar-refractivity contribution in [3.8, 4) is 22.3 Å². The van der Waals surface area contributed by atoms with E-state index in [1.807, 2.05) is 20.8 Å². The normalized spacial score (nSPS) is 10.3. The van der Waals surface area contributed by atoms with Crippen LogP contribution in [0.4, 0.5) is 5.69 Å². The second-order valence-electron chi connectivity index (χ2n) is 8.18. The van der Waals surface area contributed by atoms with Crippen LogP contribution in [-0.4, -0.2) is 4.92 Å². The number of nitro groups is 1. The van der Waals surface area contributed by atoms with E-state index in [1.165, 1.54) is 33.4 Å². The molecule has 0 atom stereocenters. The Morgan fingerprint density at radius 1 is 0.594 bits per heavy atom. The van der Waals surface area contributed by atoms with Gasteiger partial charge in [-0.25, -0.2) is 0 Å². The molecule has 0 bridgehead atoms. The molecule has 0 unspecified atom stereocenters. The number of hydrogen-bond acceptors (Lipinski definition) is 2. The first-order valence-corrected chi connectivity index (χ1v) is 10.7. The summed E-state index contributed by atoms with van der Waals surface area (Å²) in [7, 11) is 0. The van der Waals surface area contributed by atoms with Crippen LogP contribution in [-0.2, 0) is 0 Å². The van der Waals surface area contributed by atoms with Crippen LogP contribution in [0, 0.1) is 44.7 Å². The van der Waals surface area contributed by atoms with E-state index in [4.69, 9.17) is 0 Å². The lowest BCUT2D eigenvalue weighted by Gasteiger charge is -2.14. The highest BCUT2D eigenvalue weighted by atomic mass is 16.6. The summed E-state index contributed by atoms with van der Waals surface area (Å²) in [5, 5.41) is 10.4. The summed E-state index contributed by atoms with van der Waals surface area (Å²) in [6.07, 6.45) is 0. The highest BCUT2D eigenvalue weighted by Crippen LogP contribution is 2.33. The van der Waals surface area contributed by atoms with Gasteiger partial charge in [-0.05, 0) is 84.7 Å². The van der Waals surface area contributed by atoms with E-state index in [1.54, 1.807) is 12.1 Å². The van der Waals surface area contributed by atoms with Gasteiger partial charge in [0.2, 0.25) is 0 Å². The van der Waals surface area contributed by atoms with Crippen molar-refractivity contribution in [3.63, 3.8) is 0 Å². The van der Waals surface area contributed by atoms with Crippen LogP contribution in [0.25, 0.3) is 22.3 Å². The van der Waals surface area contributed by atoms with E-state index in [0.29, 0.717) is 0 Å². The number of hydrogen-bond donors (Lipinski definition) is 0. The molecule has 3 nitrogen and oxygen atoms in total. The van der Waals surface area contributed by atoms with Crippen molar-refractivity contribution in [1.29, 1.82) is 0 Å². The van der Waals surface area contributed by atoms with Crippen LogP contribution in [0.2, 0.25) is 0 Å². The summed E-state index contributed by atoms with van der Waals surface area (Å²) in [6.45, 7) is 10.1. The minimum Gasteiger partial charge on any atom is -0.258 e. The summed E-state index contributed by atoms with van der Waals surface area (Å²) in [6, 6.07) is 29.0. The highest BCUT2D eigenvalue weighted by molar-refractivity contribution is 5.79. The summed E-state index contributed by atoms with van der Waals surface area (Å²) < 4.78 is 0. The molecule has 4 aromatic carbocycles. The molecule has 0 saturated heterocycles. The van der Waals surface area contributed by atoms with Crippen LogP contribution in [0.5, 0.6) is 0 Å². The monoisotopic (exact) mass is 423 g/mol. The van der Waals surface area contributed by atoms with E-state index < -0.39 is 0 Å². The zero-order chi connectivity index (χ0) is 23.3. The van der Waals surface area contributed by atoms with Gasteiger partial charge in [-0.1, -0.05) is 72.8 Å². The van der Waals surface area contributed by atoms with Crippen molar-refractivity contribution in [2.24, 2.45) is 0 Å². The maximum Gasteiger partial charge on any atom is 0.269 e. The minimum atomic E-state index is -0.362. The molecule has 0 fully saturated rings. The van der Waals surface area contributed by atoms with Gasteiger partial charge in [0.05, 0.1) is 4.92 Å². The zero-order valence-electron chi connectivity index (χ0n) is 19.3. The van der Waals surface area contributed by atoms with Gasteiger partial charge in [0, 0.05) is 12.1 Å². The zero-order valence-corrected chi connectivity index (χ0v) is 19.3. The smallest absolute Gasteiger partial charge is 0.258 e. The number of benzene rings is 4. The highest BCUT2D eigenvalue weighted by Gasteiger charge is 2.09. The largest absolute Gasteiger partial charge is 0.269 e. The fourth-order valence-corrected chi connectivity index (χ4v) is 3.81. The van der Waals surface area contributed by atoms with Gasteiger partial charge in [-0.15, -0.1) is 0 Å². The average molecular weight is 424 g/mol. The van der Waals surface area contributed by atoms with E-state index in [0.717, 1.165) is 16.7 Å². The number of non-ortho nitro benzene ring substituents is 1. The van der Waals surface area contributed by atoms with Gasteiger partial charge in [0.1, 0.15) is 0 Å². The maximum atomic E-state index is 10.4. The summed E-state index contributed by atoms with van der Waals surface area (Å²) >= 11 is 0. The predicted molar refractivity (Wildman–Crippen MR) is 134 cm³/mol. The lowest BCUT2D eigenvalue weighted by molar-refractivity contribution is -0.385. The third kappa shape index (κ3) is 5.30. The molecule has 4 rings (SSSR count). The number of nitrogens with zero attached hydrogens (tertiary/aromatic N) is 1. The Kier molecular flexibility index (Phi) is 7.21. The van der Waals surface area contributed by atoms with E-state index in [9.17, 15) is 10.1 Å². The maximum absolute atomic E-state index is 10.4. The van der Waals surface area contributed by atoms with E-state index in [-0.39, 0.29) is 10.6 Å². The first kappa shape index (κ1) is 23.0. The lowest BCUT2D eigenvalue weighted by atomic mass is 9.91. The number of rotatable bonds is 3. The Balaban J connectivity index is 0.000000207. The summed E-state index contributed by atoms with van der Waals surface area (Å²) in [5.41, 5.74) is 11.1. The Bertz CT molecular complexity index is 1150. The van der Waals surface area contributed by atoms with Crippen LogP contribution < -0.4 is 0 Å². The van der Waals surface area contributed by atoms with Gasteiger partial charge < -0.3 is 0 Å². The first-order chi connectivity index (χ1) is 15.3. The Morgan fingerprint density at radius 3 is 1.38 bits per heavy atom. The van der Waals surface area contributed by atoms with Crippen LogP contribution in [0.3, 0.4) is 0 Å². The third-order valence-corrected chi connectivity index (χ3v) is 5.84. The van der Waals surface area contributed by atoms with Crippen molar-refractivity contribution in [2.45, 2.75) is 34.6 Å². The van der Waals surface area contributed by atoms with Gasteiger partial charge in [0.25, 0.3) is 5.69 Å². The minimum absolute atomic E-state index is 0.176. The topological polar surface area (TPSA) is 43.1 Å². The molecular weight excluding hydrogens is 394 g/mol. The van der Waals surface area contributed by atoms with Crippen LogP contribution in [0.1, 0.15) is 27.8 Å². The van der Waals surface area contributed by atoms with Crippen molar-refractivity contribution >= 4 is 5.69 Å². The molecule has 0 heterocycles. The van der Waals surface area contributed by atoms with Crippen molar-refractivity contribution in [3.05, 3.63) is 123 Å².